The van der Waals surface area contributed by atoms with Crippen molar-refractivity contribution in [3.63, 3.8) is 0 Å². The minimum atomic E-state index is -0.292. The summed E-state index contributed by atoms with van der Waals surface area (Å²) in [5.74, 6) is 0.302. The molecule has 21 heavy (non-hydrogen) atoms. The highest BCUT2D eigenvalue weighted by Crippen LogP contribution is 2.30. The Hall–Kier alpha value is -1.33. The summed E-state index contributed by atoms with van der Waals surface area (Å²) < 4.78 is 14.1. The molecule has 0 aliphatic heterocycles. The second kappa shape index (κ2) is 6.20. The fourth-order valence-electron chi connectivity index (χ4n) is 2.78. The van der Waals surface area contributed by atoms with Crippen LogP contribution in [0.4, 0.5) is 4.39 Å². The van der Waals surface area contributed by atoms with Crippen molar-refractivity contribution in [1.29, 1.82) is 0 Å². The van der Waals surface area contributed by atoms with Crippen molar-refractivity contribution in [2.24, 2.45) is 0 Å². The molecule has 2 aromatic rings. The van der Waals surface area contributed by atoms with Crippen molar-refractivity contribution in [2.45, 2.75) is 32.2 Å². The maximum absolute atomic E-state index is 13.7. The number of benzene rings is 1. The van der Waals surface area contributed by atoms with E-state index in [9.17, 15) is 4.39 Å². The molecular formula is C16H17BrFN3. The SMILES string of the molecule is CCNC1CCCc2nc(-c3ccc(Br)c(F)c3)ncc21. The van der Waals surface area contributed by atoms with Gasteiger partial charge in [-0.3, -0.25) is 0 Å². The number of rotatable bonds is 3. The molecule has 1 aromatic carbocycles. The van der Waals surface area contributed by atoms with E-state index >= 15 is 0 Å². The predicted molar refractivity (Wildman–Crippen MR) is 84.5 cm³/mol. The van der Waals surface area contributed by atoms with E-state index in [1.807, 2.05) is 12.3 Å². The summed E-state index contributed by atoms with van der Waals surface area (Å²) >= 11 is 3.16. The Labute approximate surface area is 132 Å². The number of nitrogens with zero attached hydrogens (tertiary/aromatic N) is 2. The molecule has 0 amide bonds. The number of aryl methyl sites for hydroxylation is 1. The molecule has 0 radical (unpaired) electrons. The maximum Gasteiger partial charge on any atom is 0.159 e. The van der Waals surface area contributed by atoms with Gasteiger partial charge < -0.3 is 5.32 Å². The Morgan fingerprint density at radius 1 is 1.43 bits per heavy atom. The molecule has 1 atom stereocenters. The van der Waals surface area contributed by atoms with Crippen molar-refractivity contribution in [3.8, 4) is 11.4 Å². The van der Waals surface area contributed by atoms with E-state index in [1.54, 1.807) is 6.07 Å². The van der Waals surface area contributed by atoms with Crippen LogP contribution in [-0.4, -0.2) is 16.5 Å². The molecule has 3 rings (SSSR count). The maximum atomic E-state index is 13.7. The molecule has 1 unspecified atom stereocenters. The Bertz CT molecular complexity index is 660. The molecule has 1 aromatic heterocycles. The van der Waals surface area contributed by atoms with E-state index in [0.717, 1.165) is 31.5 Å². The summed E-state index contributed by atoms with van der Waals surface area (Å²) in [5, 5.41) is 3.47. The quantitative estimate of drug-likeness (QED) is 0.908. The van der Waals surface area contributed by atoms with Crippen LogP contribution in [0.25, 0.3) is 11.4 Å². The number of halogens is 2. The van der Waals surface area contributed by atoms with E-state index in [4.69, 9.17) is 0 Å². The minimum absolute atomic E-state index is 0.292. The number of fused-ring (bicyclic) bond motifs is 1. The molecular weight excluding hydrogens is 333 g/mol. The lowest BCUT2D eigenvalue weighted by atomic mass is 9.92. The Kier molecular flexibility index (Phi) is 4.31. The third-order valence-electron chi connectivity index (χ3n) is 3.81. The Morgan fingerprint density at radius 2 is 2.29 bits per heavy atom. The van der Waals surface area contributed by atoms with E-state index in [0.29, 0.717) is 21.9 Å². The van der Waals surface area contributed by atoms with Crippen LogP contribution < -0.4 is 5.32 Å². The first kappa shape index (κ1) is 14.6. The Balaban J connectivity index is 1.97. The summed E-state index contributed by atoms with van der Waals surface area (Å²) in [4.78, 5) is 9.09. The van der Waals surface area contributed by atoms with Crippen molar-refractivity contribution in [1.82, 2.24) is 15.3 Å². The van der Waals surface area contributed by atoms with Crippen molar-refractivity contribution in [3.05, 3.63) is 45.9 Å². The number of nitrogens with one attached hydrogen (secondary N) is 1. The topological polar surface area (TPSA) is 37.8 Å². The molecule has 1 aliphatic rings. The number of hydrogen-bond acceptors (Lipinski definition) is 3. The summed E-state index contributed by atoms with van der Waals surface area (Å²) in [5.41, 5.74) is 2.98. The average molecular weight is 350 g/mol. The molecule has 3 nitrogen and oxygen atoms in total. The van der Waals surface area contributed by atoms with E-state index in [-0.39, 0.29) is 5.82 Å². The second-order valence-electron chi connectivity index (χ2n) is 5.23. The second-order valence-corrected chi connectivity index (χ2v) is 6.08. The van der Waals surface area contributed by atoms with E-state index < -0.39 is 0 Å². The first-order chi connectivity index (χ1) is 10.2. The summed E-state index contributed by atoms with van der Waals surface area (Å²) in [7, 11) is 0. The lowest BCUT2D eigenvalue weighted by Crippen LogP contribution is -2.25. The predicted octanol–water partition coefficient (Wildman–Crippen LogP) is 4.03. The van der Waals surface area contributed by atoms with E-state index in [1.165, 1.54) is 11.6 Å². The molecule has 5 heteroatoms. The van der Waals surface area contributed by atoms with Gasteiger partial charge in [-0.15, -0.1) is 0 Å². The lowest BCUT2D eigenvalue weighted by molar-refractivity contribution is 0.464. The van der Waals surface area contributed by atoms with Gasteiger partial charge >= 0.3 is 0 Å². The summed E-state index contributed by atoms with van der Waals surface area (Å²) in [6, 6.07) is 5.33. The molecule has 110 valence electrons. The minimum Gasteiger partial charge on any atom is -0.310 e. The van der Waals surface area contributed by atoms with Crippen LogP contribution in [-0.2, 0) is 6.42 Å². The van der Waals surface area contributed by atoms with Gasteiger partial charge in [0.1, 0.15) is 5.82 Å². The van der Waals surface area contributed by atoms with Gasteiger partial charge in [0.25, 0.3) is 0 Å². The Morgan fingerprint density at radius 3 is 3.05 bits per heavy atom. The molecule has 1 heterocycles. The van der Waals surface area contributed by atoms with Gasteiger partial charge in [0.2, 0.25) is 0 Å². The average Bonchev–Trinajstić information content (AvgIpc) is 2.50. The van der Waals surface area contributed by atoms with Gasteiger partial charge in [-0.05, 0) is 59.9 Å². The smallest absolute Gasteiger partial charge is 0.159 e. The summed E-state index contributed by atoms with van der Waals surface area (Å²) in [6.45, 7) is 3.04. The molecule has 0 bridgehead atoms. The van der Waals surface area contributed by atoms with Crippen molar-refractivity contribution < 1.29 is 4.39 Å². The standard InChI is InChI=1S/C16H17BrFN3/c1-2-19-14-4-3-5-15-11(14)9-20-16(21-15)10-6-7-12(17)13(18)8-10/h6-9,14,19H,2-5H2,1H3. The lowest BCUT2D eigenvalue weighted by Gasteiger charge is -2.25. The molecule has 0 saturated carbocycles. The van der Waals surface area contributed by atoms with Gasteiger partial charge in [0.15, 0.2) is 5.82 Å². The van der Waals surface area contributed by atoms with Crippen LogP contribution in [0.2, 0.25) is 0 Å². The first-order valence-electron chi connectivity index (χ1n) is 7.23. The molecule has 0 fully saturated rings. The fourth-order valence-corrected chi connectivity index (χ4v) is 3.03. The zero-order valence-electron chi connectivity index (χ0n) is 11.9. The third-order valence-corrected chi connectivity index (χ3v) is 4.45. The summed E-state index contributed by atoms with van der Waals surface area (Å²) in [6.07, 6.45) is 5.10. The van der Waals surface area contributed by atoms with Crippen LogP contribution in [0.15, 0.2) is 28.9 Å². The number of hydrogen-bond donors (Lipinski definition) is 1. The molecule has 1 N–H and O–H groups in total. The van der Waals surface area contributed by atoms with Crippen LogP contribution >= 0.6 is 15.9 Å². The van der Waals surface area contributed by atoms with Gasteiger partial charge in [-0.1, -0.05) is 6.92 Å². The highest BCUT2D eigenvalue weighted by molar-refractivity contribution is 9.10. The van der Waals surface area contributed by atoms with Crippen LogP contribution in [0.5, 0.6) is 0 Å². The van der Waals surface area contributed by atoms with E-state index in [2.05, 4.69) is 38.1 Å². The van der Waals surface area contributed by atoms with Crippen molar-refractivity contribution in [2.75, 3.05) is 6.54 Å². The van der Waals surface area contributed by atoms with Crippen LogP contribution in [0.1, 0.15) is 37.1 Å². The third kappa shape index (κ3) is 2.99. The largest absolute Gasteiger partial charge is 0.310 e. The zero-order valence-corrected chi connectivity index (χ0v) is 13.5. The molecule has 1 aliphatic carbocycles. The monoisotopic (exact) mass is 349 g/mol. The normalized spacial score (nSPS) is 17.6. The zero-order chi connectivity index (χ0) is 14.8. The highest BCUT2D eigenvalue weighted by atomic mass is 79.9. The molecule has 0 spiro atoms. The molecule has 0 saturated heterocycles. The van der Waals surface area contributed by atoms with Crippen molar-refractivity contribution >= 4 is 15.9 Å². The van der Waals surface area contributed by atoms with Crippen LogP contribution in [0, 0.1) is 5.82 Å². The van der Waals surface area contributed by atoms with Gasteiger partial charge in [-0.25, -0.2) is 14.4 Å². The van der Waals surface area contributed by atoms with Gasteiger partial charge in [0, 0.05) is 29.1 Å². The van der Waals surface area contributed by atoms with Gasteiger partial charge in [-0.2, -0.15) is 0 Å². The van der Waals surface area contributed by atoms with Crippen LogP contribution in [0.3, 0.4) is 0 Å². The fraction of sp³-hybridized carbons (Fsp3) is 0.375. The van der Waals surface area contributed by atoms with Gasteiger partial charge in [0.05, 0.1) is 4.47 Å². The first-order valence-corrected chi connectivity index (χ1v) is 8.03. The number of aromatic nitrogens is 2. The highest BCUT2D eigenvalue weighted by Gasteiger charge is 2.21.